The fourth-order valence-corrected chi connectivity index (χ4v) is 4.35. The minimum atomic E-state index is -0.589. The number of fused-ring (bicyclic) bond motifs is 2. The summed E-state index contributed by atoms with van der Waals surface area (Å²) >= 11 is 1.34. The number of thiazole rings is 1. The quantitative estimate of drug-likeness (QED) is 0.764. The number of hydrogen-bond acceptors (Lipinski definition) is 5. The van der Waals surface area contributed by atoms with Gasteiger partial charge in [0.2, 0.25) is 0 Å². The second-order valence-electron chi connectivity index (χ2n) is 8.12. The highest BCUT2D eigenvalue weighted by Gasteiger charge is 2.21. The third-order valence-corrected chi connectivity index (χ3v) is 5.52. The van der Waals surface area contributed by atoms with Crippen LogP contribution in [0.1, 0.15) is 43.1 Å². The van der Waals surface area contributed by atoms with Gasteiger partial charge in [0.25, 0.3) is 5.91 Å². The number of nitrogens with one attached hydrogen (secondary N) is 1. The van der Waals surface area contributed by atoms with E-state index in [9.17, 15) is 14.0 Å². The molecule has 0 aliphatic heterocycles. The Kier molecular flexibility index (Phi) is 5.15. The average molecular weight is 424 g/mol. The van der Waals surface area contributed by atoms with E-state index in [0.29, 0.717) is 22.7 Å². The molecular formula is C23H21FN2O3S. The number of carbonyl (C=O) groups is 2. The van der Waals surface area contributed by atoms with Crippen LogP contribution in [0.15, 0.2) is 47.8 Å². The number of ether oxygens (including phenoxy) is 1. The summed E-state index contributed by atoms with van der Waals surface area (Å²) in [5.41, 5.74) is 2.21. The van der Waals surface area contributed by atoms with Crippen molar-refractivity contribution in [2.45, 2.75) is 39.2 Å². The molecule has 0 saturated heterocycles. The van der Waals surface area contributed by atoms with Gasteiger partial charge in [-0.3, -0.25) is 14.9 Å². The van der Waals surface area contributed by atoms with Crippen LogP contribution in [0, 0.1) is 0 Å². The number of rotatable bonds is 4. The fraction of sp³-hybridized carbons (Fsp3) is 0.261. The average Bonchev–Trinajstić information content (AvgIpc) is 3.16. The third-order valence-electron chi connectivity index (χ3n) is 4.61. The summed E-state index contributed by atoms with van der Waals surface area (Å²) < 4.78 is 19.7. The van der Waals surface area contributed by atoms with Gasteiger partial charge < -0.3 is 4.74 Å². The number of nitrogens with zero attached hydrogens (tertiary/aromatic N) is 1. The number of aromatic nitrogens is 1. The molecule has 1 aromatic carbocycles. The van der Waals surface area contributed by atoms with Crippen molar-refractivity contribution in [1.29, 1.82) is 0 Å². The maximum Gasteiger partial charge on any atom is 0.310 e. The first-order valence-corrected chi connectivity index (χ1v) is 10.4. The molecule has 1 aromatic heterocycles. The fourth-order valence-electron chi connectivity index (χ4n) is 3.41. The van der Waals surface area contributed by atoms with Gasteiger partial charge in [-0.1, -0.05) is 29.5 Å². The molecular weight excluding hydrogens is 403 g/mol. The molecule has 0 bridgehead atoms. The molecule has 7 heteroatoms. The molecule has 0 atom stereocenters. The van der Waals surface area contributed by atoms with Gasteiger partial charge in [0, 0.05) is 5.56 Å². The molecule has 2 aromatic rings. The van der Waals surface area contributed by atoms with Crippen molar-refractivity contribution in [3.63, 3.8) is 0 Å². The smallest absolute Gasteiger partial charge is 0.310 e. The van der Waals surface area contributed by atoms with Crippen LogP contribution < -0.4 is 15.2 Å². The highest BCUT2D eigenvalue weighted by atomic mass is 32.1. The number of amides is 1. The normalized spacial score (nSPS) is 14.9. The van der Waals surface area contributed by atoms with E-state index >= 15 is 0 Å². The highest BCUT2D eigenvalue weighted by Crippen LogP contribution is 2.27. The van der Waals surface area contributed by atoms with Gasteiger partial charge in [0.1, 0.15) is 11.4 Å². The summed E-state index contributed by atoms with van der Waals surface area (Å²) in [5.74, 6) is -0.967. The Morgan fingerprint density at radius 3 is 2.77 bits per heavy atom. The Hall–Kier alpha value is -3.06. The Balaban J connectivity index is 1.54. The van der Waals surface area contributed by atoms with Gasteiger partial charge in [-0.15, -0.1) is 0 Å². The van der Waals surface area contributed by atoms with Gasteiger partial charge in [-0.05, 0) is 68.2 Å². The molecule has 154 valence electrons. The van der Waals surface area contributed by atoms with E-state index in [1.54, 1.807) is 45.0 Å². The zero-order valence-corrected chi connectivity index (χ0v) is 17.7. The van der Waals surface area contributed by atoms with E-state index in [-0.39, 0.29) is 24.1 Å². The van der Waals surface area contributed by atoms with Crippen molar-refractivity contribution in [3.8, 4) is 0 Å². The number of anilines is 1. The molecule has 0 saturated carbocycles. The molecule has 2 aliphatic rings. The molecule has 1 amide bonds. The van der Waals surface area contributed by atoms with Crippen LogP contribution in [0.4, 0.5) is 9.52 Å². The van der Waals surface area contributed by atoms with Crippen LogP contribution in [0.25, 0.3) is 11.6 Å². The number of hydrogen-bond donors (Lipinski definition) is 1. The maximum atomic E-state index is 13.5. The van der Waals surface area contributed by atoms with Crippen molar-refractivity contribution in [2.24, 2.45) is 0 Å². The van der Waals surface area contributed by atoms with Gasteiger partial charge >= 0.3 is 5.97 Å². The molecule has 30 heavy (non-hydrogen) atoms. The predicted molar refractivity (Wildman–Crippen MR) is 115 cm³/mol. The molecule has 5 nitrogen and oxygen atoms in total. The molecule has 4 rings (SSSR count). The first-order valence-electron chi connectivity index (χ1n) is 9.60. The second kappa shape index (κ2) is 7.65. The molecule has 0 radical (unpaired) electrons. The SMILES string of the molecule is CC(C)(C)OC(=O)Cc1ccccc1C(=O)Nc1nc2c(s1)=CC1=CC(F)=CCC=21. The lowest BCUT2D eigenvalue weighted by atomic mass is 10.0. The van der Waals surface area contributed by atoms with Crippen molar-refractivity contribution in [1.82, 2.24) is 4.98 Å². The lowest BCUT2D eigenvalue weighted by molar-refractivity contribution is -0.153. The lowest BCUT2D eigenvalue weighted by Gasteiger charge is -2.19. The first kappa shape index (κ1) is 20.2. The topological polar surface area (TPSA) is 68.3 Å². The van der Waals surface area contributed by atoms with E-state index in [0.717, 1.165) is 21.0 Å². The van der Waals surface area contributed by atoms with E-state index in [1.807, 2.05) is 6.08 Å². The lowest BCUT2D eigenvalue weighted by Crippen LogP contribution is -2.25. The van der Waals surface area contributed by atoms with Crippen LogP contribution in [-0.4, -0.2) is 22.5 Å². The van der Waals surface area contributed by atoms with Gasteiger partial charge in [-0.2, -0.15) is 0 Å². The molecule has 2 aliphatic carbocycles. The van der Waals surface area contributed by atoms with E-state index < -0.39 is 5.60 Å². The second-order valence-corrected chi connectivity index (χ2v) is 9.15. The predicted octanol–water partition coefficient (Wildman–Crippen LogP) is 3.41. The maximum absolute atomic E-state index is 13.5. The Morgan fingerprint density at radius 2 is 2.00 bits per heavy atom. The molecule has 1 heterocycles. The van der Waals surface area contributed by atoms with Crippen LogP contribution in [0.3, 0.4) is 0 Å². The van der Waals surface area contributed by atoms with E-state index in [2.05, 4.69) is 10.3 Å². The van der Waals surface area contributed by atoms with Gasteiger partial charge in [0.15, 0.2) is 5.13 Å². The number of carbonyl (C=O) groups excluding carboxylic acids is 2. The van der Waals surface area contributed by atoms with Crippen LogP contribution >= 0.6 is 11.3 Å². The number of esters is 1. The highest BCUT2D eigenvalue weighted by molar-refractivity contribution is 7.13. The van der Waals surface area contributed by atoms with E-state index in [4.69, 9.17) is 4.74 Å². The molecule has 0 spiro atoms. The molecule has 0 fully saturated rings. The standard InChI is InChI=1S/C23H21FN2O3S/c1-23(2,3)29-19(27)12-13-6-4-5-7-17(13)21(28)26-22-25-20-16-9-8-15(24)10-14(16)11-18(20)30-22/h4-8,10-11H,9,12H2,1-3H3,(H,25,26,28). The largest absolute Gasteiger partial charge is 0.460 e. The van der Waals surface area contributed by atoms with Crippen LogP contribution in [-0.2, 0) is 16.0 Å². The summed E-state index contributed by atoms with van der Waals surface area (Å²) in [4.78, 5) is 29.6. The Bertz CT molecular complexity index is 1230. The van der Waals surface area contributed by atoms with Crippen molar-refractivity contribution in [2.75, 3.05) is 5.32 Å². The number of halogens is 1. The first-order chi connectivity index (χ1) is 14.2. The summed E-state index contributed by atoms with van der Waals surface area (Å²) in [7, 11) is 0. The minimum Gasteiger partial charge on any atom is -0.460 e. The summed E-state index contributed by atoms with van der Waals surface area (Å²) in [5, 5.41) is 4.08. The van der Waals surface area contributed by atoms with Crippen LogP contribution in [0.2, 0.25) is 0 Å². The van der Waals surface area contributed by atoms with Gasteiger partial charge in [-0.25, -0.2) is 9.37 Å². The zero-order valence-electron chi connectivity index (χ0n) is 16.9. The van der Waals surface area contributed by atoms with Crippen molar-refractivity contribution < 1.29 is 18.7 Å². The number of allylic oxidation sites excluding steroid dienone is 4. The summed E-state index contributed by atoms with van der Waals surface area (Å²) in [6.45, 7) is 5.41. The van der Waals surface area contributed by atoms with Crippen molar-refractivity contribution >= 4 is 40.0 Å². The Labute approximate surface area is 177 Å². The van der Waals surface area contributed by atoms with E-state index in [1.165, 1.54) is 23.5 Å². The summed E-state index contributed by atoms with van der Waals surface area (Å²) in [6.07, 6.45) is 5.40. The third kappa shape index (κ3) is 4.26. The summed E-state index contributed by atoms with van der Waals surface area (Å²) in [6, 6.07) is 6.94. The van der Waals surface area contributed by atoms with Gasteiger partial charge in [0.05, 0.1) is 16.3 Å². The minimum absolute atomic E-state index is 0.00693. The Morgan fingerprint density at radius 1 is 1.23 bits per heavy atom. The van der Waals surface area contributed by atoms with Crippen molar-refractivity contribution in [3.05, 3.63) is 68.8 Å². The zero-order chi connectivity index (χ0) is 21.5. The monoisotopic (exact) mass is 424 g/mol. The number of benzene rings is 1. The molecule has 0 unspecified atom stereocenters. The molecule has 1 N–H and O–H groups in total. The van der Waals surface area contributed by atoms with Crippen LogP contribution in [0.5, 0.6) is 0 Å².